The van der Waals surface area contributed by atoms with Gasteiger partial charge in [-0.1, -0.05) is 24.3 Å². The molecule has 2 atom stereocenters. The number of esters is 2. The van der Waals surface area contributed by atoms with Crippen molar-refractivity contribution < 1.29 is 28.6 Å². The van der Waals surface area contributed by atoms with E-state index in [0.717, 1.165) is 11.1 Å². The van der Waals surface area contributed by atoms with Crippen LogP contribution in [0.15, 0.2) is 24.3 Å². The highest BCUT2D eigenvalue weighted by atomic mass is 16.6. The SMILES string of the molecule is CCOC(=O)CCc1ccccc1C1CC1(NC(=O)OC(C)(C)C)C(=O)OC. The minimum Gasteiger partial charge on any atom is -0.467 e. The molecule has 0 aromatic heterocycles. The van der Waals surface area contributed by atoms with Crippen LogP contribution in [0, 0.1) is 0 Å². The van der Waals surface area contributed by atoms with Crippen LogP contribution in [0.3, 0.4) is 0 Å². The molecule has 1 N–H and O–H groups in total. The van der Waals surface area contributed by atoms with Crippen LogP contribution in [-0.4, -0.2) is 42.9 Å². The topological polar surface area (TPSA) is 90.9 Å². The number of carbonyl (C=O) groups excluding carboxylic acids is 3. The van der Waals surface area contributed by atoms with Crippen molar-refractivity contribution >= 4 is 18.0 Å². The molecular weight excluding hydrogens is 362 g/mol. The van der Waals surface area contributed by atoms with Gasteiger partial charge in [-0.2, -0.15) is 0 Å². The molecule has 1 saturated carbocycles. The van der Waals surface area contributed by atoms with Crippen molar-refractivity contribution in [3.8, 4) is 0 Å². The van der Waals surface area contributed by atoms with Crippen molar-refractivity contribution in [1.82, 2.24) is 5.32 Å². The van der Waals surface area contributed by atoms with Crippen LogP contribution in [-0.2, 0) is 30.2 Å². The van der Waals surface area contributed by atoms with E-state index in [1.165, 1.54) is 7.11 Å². The fourth-order valence-corrected chi connectivity index (χ4v) is 3.29. The van der Waals surface area contributed by atoms with Crippen molar-refractivity contribution in [1.29, 1.82) is 0 Å². The first kappa shape index (κ1) is 21.7. The van der Waals surface area contributed by atoms with Gasteiger partial charge in [-0.25, -0.2) is 9.59 Å². The molecule has 0 spiro atoms. The minimum atomic E-state index is -1.16. The van der Waals surface area contributed by atoms with E-state index >= 15 is 0 Å². The molecule has 0 radical (unpaired) electrons. The Bertz CT molecular complexity index is 739. The Balaban J connectivity index is 2.19. The summed E-state index contributed by atoms with van der Waals surface area (Å²) in [5, 5.41) is 2.71. The molecule has 1 aromatic rings. The number of carbonyl (C=O) groups is 3. The molecule has 154 valence electrons. The van der Waals surface area contributed by atoms with E-state index in [1.54, 1.807) is 27.7 Å². The number of methoxy groups -OCH3 is 1. The fourth-order valence-electron chi connectivity index (χ4n) is 3.29. The standard InChI is InChI=1S/C21H29NO6/c1-6-27-17(23)12-11-14-9-7-8-10-15(14)16-13-21(16,18(24)26-5)22-19(25)28-20(2,3)4/h7-10,16H,6,11-13H2,1-5H3,(H,22,25). The molecular formula is C21H29NO6. The minimum absolute atomic E-state index is 0.245. The van der Waals surface area contributed by atoms with Crippen molar-refractivity contribution in [3.63, 3.8) is 0 Å². The molecule has 0 saturated heterocycles. The van der Waals surface area contributed by atoms with Gasteiger partial charge >= 0.3 is 18.0 Å². The molecule has 1 aliphatic rings. The van der Waals surface area contributed by atoms with E-state index in [0.29, 0.717) is 19.4 Å². The number of ether oxygens (including phenoxy) is 3. The molecule has 7 nitrogen and oxygen atoms in total. The molecule has 0 heterocycles. The Morgan fingerprint density at radius 3 is 2.50 bits per heavy atom. The van der Waals surface area contributed by atoms with Crippen molar-refractivity contribution in [2.24, 2.45) is 0 Å². The van der Waals surface area contributed by atoms with Gasteiger partial charge in [0, 0.05) is 12.3 Å². The third-order valence-electron chi connectivity index (χ3n) is 4.57. The van der Waals surface area contributed by atoms with Crippen molar-refractivity contribution in [3.05, 3.63) is 35.4 Å². The summed E-state index contributed by atoms with van der Waals surface area (Å²) in [7, 11) is 1.29. The highest BCUT2D eigenvalue weighted by Gasteiger charge is 2.63. The van der Waals surface area contributed by atoms with Crippen molar-refractivity contribution in [2.45, 2.75) is 64.0 Å². The van der Waals surface area contributed by atoms with Gasteiger partial charge in [0.25, 0.3) is 0 Å². The van der Waals surface area contributed by atoms with E-state index in [-0.39, 0.29) is 18.3 Å². The summed E-state index contributed by atoms with van der Waals surface area (Å²) in [6.45, 7) is 7.38. The Morgan fingerprint density at radius 1 is 1.21 bits per heavy atom. The van der Waals surface area contributed by atoms with Crippen LogP contribution >= 0.6 is 0 Å². The number of hydrogen-bond donors (Lipinski definition) is 1. The number of alkyl carbamates (subject to hydrolysis) is 1. The normalized spacial score (nSPS) is 20.8. The van der Waals surface area contributed by atoms with Crippen LogP contribution in [0.5, 0.6) is 0 Å². The Morgan fingerprint density at radius 2 is 1.89 bits per heavy atom. The molecule has 2 rings (SSSR count). The van der Waals surface area contributed by atoms with Gasteiger partial charge in [0.15, 0.2) is 0 Å². The number of aryl methyl sites for hydroxylation is 1. The Hall–Kier alpha value is -2.57. The second-order valence-electron chi connectivity index (χ2n) is 7.85. The van der Waals surface area contributed by atoms with Crippen LogP contribution in [0.1, 0.15) is 57.6 Å². The molecule has 1 aromatic carbocycles. The zero-order valence-electron chi connectivity index (χ0n) is 17.2. The largest absolute Gasteiger partial charge is 0.467 e. The lowest BCUT2D eigenvalue weighted by Gasteiger charge is -2.23. The highest BCUT2D eigenvalue weighted by Crippen LogP contribution is 2.53. The average molecular weight is 391 g/mol. The maximum Gasteiger partial charge on any atom is 0.408 e. The van der Waals surface area contributed by atoms with E-state index in [9.17, 15) is 14.4 Å². The lowest BCUT2D eigenvalue weighted by molar-refractivity contribution is -0.145. The van der Waals surface area contributed by atoms with Gasteiger partial charge in [-0.3, -0.25) is 4.79 Å². The van der Waals surface area contributed by atoms with Gasteiger partial charge in [0.2, 0.25) is 0 Å². The Kier molecular flexibility index (Phi) is 6.69. The molecule has 0 aliphatic heterocycles. The second-order valence-corrected chi connectivity index (χ2v) is 7.85. The molecule has 1 amide bonds. The van der Waals surface area contributed by atoms with Gasteiger partial charge in [0.05, 0.1) is 13.7 Å². The van der Waals surface area contributed by atoms with Crippen LogP contribution in [0.25, 0.3) is 0 Å². The zero-order chi connectivity index (χ0) is 20.9. The average Bonchev–Trinajstić information content (AvgIpc) is 3.33. The smallest absolute Gasteiger partial charge is 0.408 e. The lowest BCUT2D eigenvalue weighted by Crippen LogP contribution is -2.47. The zero-order valence-corrected chi connectivity index (χ0v) is 17.2. The first-order valence-corrected chi connectivity index (χ1v) is 9.46. The maximum absolute atomic E-state index is 12.5. The van der Waals surface area contributed by atoms with E-state index in [4.69, 9.17) is 14.2 Å². The van der Waals surface area contributed by atoms with Gasteiger partial charge in [-0.05, 0) is 51.7 Å². The number of hydrogen-bond acceptors (Lipinski definition) is 6. The first-order chi connectivity index (χ1) is 13.1. The summed E-state index contributed by atoms with van der Waals surface area (Å²) in [4.78, 5) is 36.5. The van der Waals surface area contributed by atoms with Crippen LogP contribution in [0.2, 0.25) is 0 Å². The van der Waals surface area contributed by atoms with E-state index in [1.807, 2.05) is 24.3 Å². The van der Waals surface area contributed by atoms with Gasteiger partial charge < -0.3 is 19.5 Å². The molecule has 7 heteroatoms. The quantitative estimate of drug-likeness (QED) is 0.567. The summed E-state index contributed by atoms with van der Waals surface area (Å²) in [5.74, 6) is -1.02. The highest BCUT2D eigenvalue weighted by molar-refractivity contribution is 5.91. The Labute approximate surface area is 165 Å². The van der Waals surface area contributed by atoms with E-state index < -0.39 is 23.2 Å². The summed E-state index contributed by atoms with van der Waals surface area (Å²) in [6.07, 6.45) is 0.497. The number of rotatable bonds is 7. The van der Waals surface area contributed by atoms with Gasteiger partial charge in [0.1, 0.15) is 11.1 Å². The number of nitrogens with one attached hydrogen (secondary N) is 1. The molecule has 28 heavy (non-hydrogen) atoms. The molecule has 1 aliphatic carbocycles. The van der Waals surface area contributed by atoms with Gasteiger partial charge in [-0.15, -0.1) is 0 Å². The summed E-state index contributed by atoms with van der Waals surface area (Å²) < 4.78 is 15.2. The number of amides is 1. The molecule has 0 bridgehead atoms. The second kappa shape index (κ2) is 8.63. The predicted molar refractivity (Wildman–Crippen MR) is 103 cm³/mol. The first-order valence-electron chi connectivity index (χ1n) is 9.46. The molecule has 1 fully saturated rings. The maximum atomic E-state index is 12.5. The van der Waals surface area contributed by atoms with Crippen LogP contribution < -0.4 is 5.32 Å². The third-order valence-corrected chi connectivity index (χ3v) is 4.57. The summed E-state index contributed by atoms with van der Waals surface area (Å²) in [5.41, 5.74) is 0.0195. The lowest BCUT2D eigenvalue weighted by atomic mass is 9.97. The summed E-state index contributed by atoms with van der Waals surface area (Å²) in [6, 6.07) is 7.58. The third kappa shape index (κ3) is 5.24. The predicted octanol–water partition coefficient (Wildman–Crippen LogP) is 3.11. The summed E-state index contributed by atoms with van der Waals surface area (Å²) >= 11 is 0. The molecule has 2 unspecified atom stereocenters. The number of benzene rings is 1. The van der Waals surface area contributed by atoms with Crippen molar-refractivity contribution in [2.75, 3.05) is 13.7 Å². The monoisotopic (exact) mass is 391 g/mol. The van der Waals surface area contributed by atoms with E-state index in [2.05, 4.69) is 5.32 Å². The fraction of sp³-hybridized carbons (Fsp3) is 0.571. The van der Waals surface area contributed by atoms with Crippen LogP contribution in [0.4, 0.5) is 4.79 Å².